The first-order valence-corrected chi connectivity index (χ1v) is 6.28. The summed E-state index contributed by atoms with van der Waals surface area (Å²) in [6.07, 6.45) is -0.943. The summed E-state index contributed by atoms with van der Waals surface area (Å²) in [5, 5.41) is 3.36. The quantitative estimate of drug-likeness (QED) is 0.827. The average Bonchev–Trinajstić information content (AvgIpc) is 2.15. The summed E-state index contributed by atoms with van der Waals surface area (Å²) in [7, 11) is 0. The van der Waals surface area contributed by atoms with E-state index in [9.17, 15) is 13.2 Å². The van der Waals surface area contributed by atoms with E-state index < -0.39 is 12.7 Å². The smallest absolute Gasteiger partial charge is 0.310 e. The molecule has 102 valence electrons. The minimum absolute atomic E-state index is 0.0859. The minimum Gasteiger partial charge on any atom is -0.310 e. The normalized spacial score (nSPS) is 26.8. The van der Waals surface area contributed by atoms with Crippen molar-refractivity contribution in [2.24, 2.45) is 0 Å². The van der Waals surface area contributed by atoms with Gasteiger partial charge < -0.3 is 5.32 Å². The number of halogens is 3. The Kier molecular flexibility index (Phi) is 4.84. The van der Waals surface area contributed by atoms with Crippen LogP contribution < -0.4 is 5.32 Å². The number of hydrogen-bond donors (Lipinski definition) is 1. The number of nitrogens with one attached hydrogen (secondary N) is 1. The van der Waals surface area contributed by atoms with Crippen molar-refractivity contribution < 1.29 is 13.2 Å². The fraction of sp³-hybridized carbons (Fsp3) is 1.00. The number of nitrogens with zero attached hydrogens (tertiary/aromatic N) is 1. The van der Waals surface area contributed by atoms with Gasteiger partial charge >= 0.3 is 6.18 Å². The highest BCUT2D eigenvalue weighted by molar-refractivity contribution is 4.90. The Bertz CT molecular complexity index is 232. The van der Waals surface area contributed by atoms with Crippen LogP contribution in [0.3, 0.4) is 0 Å². The third-order valence-electron chi connectivity index (χ3n) is 3.37. The lowest BCUT2D eigenvalue weighted by Crippen LogP contribution is -2.56. The zero-order valence-corrected chi connectivity index (χ0v) is 10.9. The number of piperidine rings is 1. The van der Waals surface area contributed by atoms with Gasteiger partial charge in [-0.05, 0) is 40.2 Å². The molecule has 1 aliphatic rings. The molecule has 0 bridgehead atoms. The van der Waals surface area contributed by atoms with Crippen LogP contribution in [0.5, 0.6) is 0 Å². The highest BCUT2D eigenvalue weighted by Crippen LogP contribution is 2.24. The van der Waals surface area contributed by atoms with Gasteiger partial charge in [0.2, 0.25) is 0 Å². The van der Waals surface area contributed by atoms with E-state index in [2.05, 4.69) is 5.32 Å². The summed E-state index contributed by atoms with van der Waals surface area (Å²) in [4.78, 5) is 1.51. The highest BCUT2D eigenvalue weighted by Gasteiger charge is 2.36. The molecule has 1 fully saturated rings. The van der Waals surface area contributed by atoms with E-state index in [1.54, 1.807) is 0 Å². The Morgan fingerprint density at radius 2 is 1.94 bits per heavy atom. The summed E-state index contributed by atoms with van der Waals surface area (Å²) in [5.74, 6) is 0. The second-order valence-electron chi connectivity index (χ2n) is 5.56. The van der Waals surface area contributed by atoms with Crippen molar-refractivity contribution in [2.45, 2.75) is 57.8 Å². The molecule has 1 unspecified atom stereocenters. The largest absolute Gasteiger partial charge is 0.401 e. The molecule has 0 aromatic rings. The molecule has 1 atom stereocenters. The highest BCUT2D eigenvalue weighted by atomic mass is 19.4. The first-order valence-electron chi connectivity index (χ1n) is 6.28. The van der Waals surface area contributed by atoms with Crippen LogP contribution in [0.15, 0.2) is 0 Å². The first kappa shape index (κ1) is 14.8. The zero-order chi connectivity index (χ0) is 13.1. The Hall–Kier alpha value is -0.290. The van der Waals surface area contributed by atoms with Crippen molar-refractivity contribution in [1.82, 2.24) is 10.2 Å². The molecule has 1 N–H and O–H groups in total. The molecule has 0 aliphatic carbocycles. The molecule has 0 spiro atoms. The molecule has 1 aliphatic heterocycles. The molecule has 2 nitrogen and oxygen atoms in total. The second kappa shape index (κ2) is 5.57. The van der Waals surface area contributed by atoms with E-state index in [1.165, 1.54) is 4.90 Å². The molecule has 17 heavy (non-hydrogen) atoms. The second-order valence-corrected chi connectivity index (χ2v) is 5.56. The number of hydrogen-bond acceptors (Lipinski definition) is 2. The molecule has 1 saturated heterocycles. The van der Waals surface area contributed by atoms with Gasteiger partial charge in [0.25, 0.3) is 0 Å². The molecule has 5 heteroatoms. The SMILES string of the molecule is CC(C)N(CC(F)(F)F)CC1(C)CCCCN1. The van der Waals surface area contributed by atoms with Gasteiger partial charge in [0.1, 0.15) is 0 Å². The molecule has 1 heterocycles. The van der Waals surface area contributed by atoms with E-state index in [-0.39, 0.29) is 11.6 Å². The Morgan fingerprint density at radius 3 is 2.35 bits per heavy atom. The lowest BCUT2D eigenvalue weighted by atomic mass is 9.90. The first-order chi connectivity index (χ1) is 7.72. The molecule has 0 amide bonds. The molecular formula is C12H23F3N2. The van der Waals surface area contributed by atoms with Gasteiger partial charge in [-0.2, -0.15) is 13.2 Å². The van der Waals surface area contributed by atoms with Crippen LogP contribution in [0.25, 0.3) is 0 Å². The Morgan fingerprint density at radius 1 is 1.29 bits per heavy atom. The van der Waals surface area contributed by atoms with Crippen molar-refractivity contribution in [3.05, 3.63) is 0 Å². The van der Waals surface area contributed by atoms with Crippen LogP contribution in [0.4, 0.5) is 13.2 Å². The molecule has 0 saturated carbocycles. The van der Waals surface area contributed by atoms with E-state index >= 15 is 0 Å². The number of alkyl halides is 3. The molecule has 0 aromatic carbocycles. The van der Waals surface area contributed by atoms with Crippen molar-refractivity contribution in [1.29, 1.82) is 0 Å². The van der Waals surface area contributed by atoms with Crippen LogP contribution in [0, 0.1) is 0 Å². The van der Waals surface area contributed by atoms with Crippen LogP contribution >= 0.6 is 0 Å². The summed E-state index contributed by atoms with van der Waals surface area (Å²) >= 11 is 0. The number of rotatable bonds is 4. The molecular weight excluding hydrogens is 229 g/mol. The van der Waals surface area contributed by atoms with Gasteiger partial charge in [-0.25, -0.2) is 0 Å². The van der Waals surface area contributed by atoms with E-state index in [0.29, 0.717) is 6.54 Å². The third kappa shape index (κ3) is 5.25. The lowest BCUT2D eigenvalue weighted by molar-refractivity contribution is -0.151. The van der Waals surface area contributed by atoms with Crippen molar-refractivity contribution in [3.8, 4) is 0 Å². The standard InChI is InChI=1S/C12H23F3N2/c1-10(2)17(9-12(13,14)15)8-11(3)6-4-5-7-16-11/h10,16H,4-9H2,1-3H3. The van der Waals surface area contributed by atoms with Crippen molar-refractivity contribution in [2.75, 3.05) is 19.6 Å². The van der Waals surface area contributed by atoms with Crippen LogP contribution in [0.1, 0.15) is 40.0 Å². The summed E-state index contributed by atoms with van der Waals surface area (Å²) < 4.78 is 37.4. The van der Waals surface area contributed by atoms with E-state index in [4.69, 9.17) is 0 Å². The van der Waals surface area contributed by atoms with E-state index in [1.807, 2.05) is 20.8 Å². The minimum atomic E-state index is -4.12. The monoisotopic (exact) mass is 252 g/mol. The third-order valence-corrected chi connectivity index (χ3v) is 3.37. The van der Waals surface area contributed by atoms with Gasteiger partial charge in [-0.1, -0.05) is 6.42 Å². The fourth-order valence-corrected chi connectivity index (χ4v) is 2.35. The maximum atomic E-state index is 12.5. The summed E-state index contributed by atoms with van der Waals surface area (Å²) in [6, 6.07) is -0.0859. The van der Waals surface area contributed by atoms with Crippen LogP contribution in [-0.4, -0.2) is 42.3 Å². The van der Waals surface area contributed by atoms with Crippen LogP contribution in [0.2, 0.25) is 0 Å². The maximum Gasteiger partial charge on any atom is 0.401 e. The topological polar surface area (TPSA) is 15.3 Å². The van der Waals surface area contributed by atoms with Gasteiger partial charge in [0.15, 0.2) is 0 Å². The summed E-state index contributed by atoms with van der Waals surface area (Å²) in [6.45, 7) is 6.22. The van der Waals surface area contributed by atoms with Crippen molar-refractivity contribution >= 4 is 0 Å². The zero-order valence-electron chi connectivity index (χ0n) is 10.9. The lowest BCUT2D eigenvalue weighted by Gasteiger charge is -2.41. The van der Waals surface area contributed by atoms with Gasteiger partial charge in [0.05, 0.1) is 6.54 Å². The van der Waals surface area contributed by atoms with Crippen molar-refractivity contribution in [3.63, 3.8) is 0 Å². The predicted octanol–water partition coefficient (Wildman–Crippen LogP) is 2.79. The van der Waals surface area contributed by atoms with Gasteiger partial charge in [-0.15, -0.1) is 0 Å². The van der Waals surface area contributed by atoms with E-state index in [0.717, 1.165) is 25.8 Å². The molecule has 0 aromatic heterocycles. The average molecular weight is 252 g/mol. The molecule has 0 radical (unpaired) electrons. The molecule has 1 rings (SSSR count). The Balaban J connectivity index is 2.59. The Labute approximate surface area is 102 Å². The van der Waals surface area contributed by atoms with Gasteiger partial charge in [-0.3, -0.25) is 4.90 Å². The van der Waals surface area contributed by atoms with Gasteiger partial charge in [0, 0.05) is 18.1 Å². The summed E-state index contributed by atoms with van der Waals surface area (Å²) in [5.41, 5.74) is -0.173. The predicted molar refractivity (Wildman–Crippen MR) is 63.0 cm³/mol. The fourth-order valence-electron chi connectivity index (χ4n) is 2.35. The maximum absolute atomic E-state index is 12.5. The van der Waals surface area contributed by atoms with Crippen LogP contribution in [-0.2, 0) is 0 Å².